The zero-order chi connectivity index (χ0) is 12.0. The van der Waals surface area contributed by atoms with Crippen LogP contribution in [0.5, 0.6) is 0 Å². The molecule has 3 rings (SSSR count). The molecule has 3 nitrogen and oxygen atoms in total. The first-order valence-electron chi connectivity index (χ1n) is 6.28. The second-order valence-electron chi connectivity index (χ2n) is 4.81. The number of hydrogen-bond donors (Lipinski definition) is 1. The first-order valence-corrected chi connectivity index (χ1v) is 7.10. The molecule has 0 saturated carbocycles. The van der Waals surface area contributed by atoms with Crippen molar-refractivity contribution in [2.24, 2.45) is 0 Å². The van der Waals surface area contributed by atoms with Crippen molar-refractivity contribution in [3.8, 4) is 0 Å². The smallest absolute Gasteiger partial charge is 0.136 e. The van der Waals surface area contributed by atoms with E-state index in [9.17, 15) is 0 Å². The van der Waals surface area contributed by atoms with Gasteiger partial charge >= 0.3 is 0 Å². The van der Waals surface area contributed by atoms with E-state index in [1.807, 2.05) is 11.3 Å². The number of nitrogen functional groups attached to an aromatic ring is 1. The molecule has 0 bridgehead atoms. The molecule has 2 N–H and O–H groups in total. The summed E-state index contributed by atoms with van der Waals surface area (Å²) >= 11 is 1.81. The quantitative estimate of drug-likeness (QED) is 0.886. The highest BCUT2D eigenvalue weighted by Gasteiger charge is 2.22. The van der Waals surface area contributed by atoms with Gasteiger partial charge in [-0.25, -0.2) is 9.97 Å². The van der Waals surface area contributed by atoms with E-state index < -0.39 is 0 Å². The summed E-state index contributed by atoms with van der Waals surface area (Å²) in [6, 6.07) is 0. The Morgan fingerprint density at radius 3 is 2.94 bits per heavy atom. The lowest BCUT2D eigenvalue weighted by Gasteiger charge is -2.08. The molecule has 1 aliphatic carbocycles. The summed E-state index contributed by atoms with van der Waals surface area (Å²) in [6.07, 6.45) is 4.64. The number of nitrogens with zero attached hydrogens (tertiary/aromatic N) is 2. The van der Waals surface area contributed by atoms with Gasteiger partial charge in [0.25, 0.3) is 0 Å². The molecule has 2 aromatic rings. The average molecular weight is 247 g/mol. The van der Waals surface area contributed by atoms with Crippen LogP contribution in [0, 0.1) is 0 Å². The standard InChI is InChI=1S/C13H17N3S/c1-3-7(2)12-15-11(14)10-8-5-4-6-9(8)17-13(10)16-12/h7H,3-6H2,1-2H3,(H2,14,15,16). The first-order chi connectivity index (χ1) is 8.20. The van der Waals surface area contributed by atoms with Crippen LogP contribution < -0.4 is 5.73 Å². The SMILES string of the molecule is CCC(C)c1nc(N)c2c3c(sc2n1)CCC3. The molecule has 1 unspecified atom stereocenters. The second-order valence-corrected chi connectivity index (χ2v) is 5.90. The van der Waals surface area contributed by atoms with Crippen molar-refractivity contribution < 1.29 is 0 Å². The van der Waals surface area contributed by atoms with Crippen LogP contribution in [0.3, 0.4) is 0 Å². The van der Waals surface area contributed by atoms with Gasteiger partial charge in [0.15, 0.2) is 0 Å². The van der Waals surface area contributed by atoms with E-state index >= 15 is 0 Å². The van der Waals surface area contributed by atoms with E-state index in [0.29, 0.717) is 11.7 Å². The Bertz CT molecular complexity index is 574. The monoisotopic (exact) mass is 247 g/mol. The van der Waals surface area contributed by atoms with Gasteiger partial charge in [0.05, 0.1) is 5.39 Å². The third kappa shape index (κ3) is 1.62. The normalized spacial score (nSPS) is 16.4. The van der Waals surface area contributed by atoms with Crippen LogP contribution >= 0.6 is 11.3 Å². The number of nitrogens with two attached hydrogens (primary N) is 1. The molecule has 2 aromatic heterocycles. The molecule has 0 radical (unpaired) electrons. The van der Waals surface area contributed by atoms with Gasteiger partial charge in [-0.3, -0.25) is 0 Å². The fourth-order valence-corrected chi connectivity index (χ4v) is 3.72. The van der Waals surface area contributed by atoms with Crippen LogP contribution in [-0.2, 0) is 12.8 Å². The van der Waals surface area contributed by atoms with Crippen molar-refractivity contribution in [2.75, 3.05) is 5.73 Å². The summed E-state index contributed by atoms with van der Waals surface area (Å²) < 4.78 is 0. The van der Waals surface area contributed by atoms with Crippen LogP contribution in [0.25, 0.3) is 10.2 Å². The lowest BCUT2D eigenvalue weighted by Crippen LogP contribution is -2.03. The molecule has 0 fully saturated rings. The molecule has 17 heavy (non-hydrogen) atoms. The van der Waals surface area contributed by atoms with Crippen LogP contribution in [-0.4, -0.2) is 9.97 Å². The Hall–Kier alpha value is -1.16. The fraction of sp³-hybridized carbons (Fsp3) is 0.538. The molecular weight excluding hydrogens is 230 g/mol. The minimum atomic E-state index is 0.388. The molecule has 1 aliphatic rings. The molecule has 90 valence electrons. The van der Waals surface area contributed by atoms with E-state index in [2.05, 4.69) is 18.8 Å². The first kappa shape index (κ1) is 11.0. The predicted octanol–water partition coefficient (Wildman–Crippen LogP) is 3.28. The number of fused-ring (bicyclic) bond motifs is 3. The lowest BCUT2D eigenvalue weighted by molar-refractivity contribution is 0.685. The summed E-state index contributed by atoms with van der Waals surface area (Å²) in [5.74, 6) is 1.97. The van der Waals surface area contributed by atoms with Crippen LogP contribution in [0.4, 0.5) is 5.82 Å². The summed E-state index contributed by atoms with van der Waals surface area (Å²) in [5.41, 5.74) is 7.54. The Kier molecular flexibility index (Phi) is 2.54. The second kappa shape index (κ2) is 3.95. The van der Waals surface area contributed by atoms with Gasteiger partial charge in [0.1, 0.15) is 16.5 Å². The molecule has 2 heterocycles. The van der Waals surface area contributed by atoms with Gasteiger partial charge in [-0.05, 0) is 31.2 Å². The maximum atomic E-state index is 6.12. The Morgan fingerprint density at radius 1 is 1.35 bits per heavy atom. The van der Waals surface area contributed by atoms with E-state index in [0.717, 1.165) is 28.9 Å². The lowest BCUT2D eigenvalue weighted by atomic mass is 10.1. The number of thiophene rings is 1. The van der Waals surface area contributed by atoms with Gasteiger partial charge in [0.2, 0.25) is 0 Å². The fourth-order valence-electron chi connectivity index (χ4n) is 2.44. The minimum Gasteiger partial charge on any atom is -0.383 e. The molecule has 0 saturated heterocycles. The number of aryl methyl sites for hydroxylation is 2. The number of hydrogen-bond acceptors (Lipinski definition) is 4. The van der Waals surface area contributed by atoms with Crippen molar-refractivity contribution in [3.63, 3.8) is 0 Å². The average Bonchev–Trinajstić information content (AvgIpc) is 2.86. The Morgan fingerprint density at radius 2 is 2.18 bits per heavy atom. The van der Waals surface area contributed by atoms with Crippen LogP contribution in [0.2, 0.25) is 0 Å². The third-order valence-corrected chi connectivity index (χ3v) is 4.85. The maximum Gasteiger partial charge on any atom is 0.136 e. The number of anilines is 1. The zero-order valence-electron chi connectivity index (χ0n) is 10.3. The predicted molar refractivity (Wildman–Crippen MR) is 72.6 cm³/mol. The number of aromatic nitrogens is 2. The largest absolute Gasteiger partial charge is 0.383 e. The summed E-state index contributed by atoms with van der Waals surface area (Å²) in [4.78, 5) is 11.8. The van der Waals surface area contributed by atoms with E-state index in [4.69, 9.17) is 10.7 Å². The van der Waals surface area contributed by atoms with E-state index in [1.54, 1.807) is 0 Å². The molecule has 1 atom stereocenters. The Labute approximate surface area is 105 Å². The topological polar surface area (TPSA) is 51.8 Å². The molecule has 0 amide bonds. The highest BCUT2D eigenvalue weighted by molar-refractivity contribution is 7.19. The summed E-state index contributed by atoms with van der Waals surface area (Å²) in [5, 5.41) is 1.13. The molecule has 4 heteroatoms. The van der Waals surface area contributed by atoms with Crippen LogP contribution in [0.15, 0.2) is 0 Å². The third-order valence-electron chi connectivity index (χ3n) is 3.66. The van der Waals surface area contributed by atoms with Gasteiger partial charge in [0, 0.05) is 10.8 Å². The minimum absolute atomic E-state index is 0.388. The molecular formula is C13H17N3S. The van der Waals surface area contributed by atoms with Crippen molar-refractivity contribution in [2.45, 2.75) is 45.4 Å². The summed E-state index contributed by atoms with van der Waals surface area (Å²) in [7, 11) is 0. The van der Waals surface area contributed by atoms with Gasteiger partial charge < -0.3 is 5.73 Å². The van der Waals surface area contributed by atoms with Gasteiger partial charge in [-0.15, -0.1) is 11.3 Å². The number of rotatable bonds is 2. The van der Waals surface area contributed by atoms with E-state index in [-0.39, 0.29) is 0 Å². The summed E-state index contributed by atoms with van der Waals surface area (Å²) in [6.45, 7) is 4.31. The zero-order valence-corrected chi connectivity index (χ0v) is 11.1. The van der Waals surface area contributed by atoms with Crippen molar-refractivity contribution in [1.82, 2.24) is 9.97 Å². The van der Waals surface area contributed by atoms with Crippen molar-refractivity contribution >= 4 is 27.4 Å². The van der Waals surface area contributed by atoms with Gasteiger partial charge in [-0.1, -0.05) is 13.8 Å². The van der Waals surface area contributed by atoms with Crippen LogP contribution in [0.1, 0.15) is 48.9 Å². The molecule has 0 spiro atoms. The highest BCUT2D eigenvalue weighted by Crippen LogP contribution is 2.39. The van der Waals surface area contributed by atoms with Gasteiger partial charge in [-0.2, -0.15) is 0 Å². The highest BCUT2D eigenvalue weighted by atomic mass is 32.1. The van der Waals surface area contributed by atoms with Crippen molar-refractivity contribution in [1.29, 1.82) is 0 Å². The maximum absolute atomic E-state index is 6.12. The molecule has 0 aliphatic heterocycles. The molecule has 0 aromatic carbocycles. The Balaban J connectivity index is 2.21. The van der Waals surface area contributed by atoms with Crippen molar-refractivity contribution in [3.05, 3.63) is 16.3 Å². The van der Waals surface area contributed by atoms with E-state index in [1.165, 1.54) is 23.3 Å².